The van der Waals surface area contributed by atoms with E-state index in [0.29, 0.717) is 23.7 Å². The standard InChI is InChI=1S/C14H12N2O4/c17-12-5-4-8(13(18)16-12)7-2-1-3-10-9(7)6-11(15-10)14(19)20/h1-3,6,8,15H,4-5H2,(H,19,20)(H,16,17,18). The van der Waals surface area contributed by atoms with Gasteiger partial charge in [0.25, 0.3) is 0 Å². The average Bonchev–Trinajstić information content (AvgIpc) is 2.83. The van der Waals surface area contributed by atoms with Crippen LogP contribution in [0.3, 0.4) is 0 Å². The van der Waals surface area contributed by atoms with Gasteiger partial charge < -0.3 is 10.1 Å². The summed E-state index contributed by atoms with van der Waals surface area (Å²) in [7, 11) is 0. The maximum absolute atomic E-state index is 11.9. The SMILES string of the molecule is O=C1CCC(c2cccc3[nH]c(C(=O)O)cc23)C(=O)N1. The molecule has 3 N–H and O–H groups in total. The third-order valence-electron chi connectivity index (χ3n) is 3.54. The van der Waals surface area contributed by atoms with Crippen molar-refractivity contribution >= 4 is 28.7 Å². The van der Waals surface area contributed by atoms with Crippen LogP contribution in [-0.2, 0) is 9.59 Å². The van der Waals surface area contributed by atoms with Crippen LogP contribution in [0.25, 0.3) is 10.9 Å². The van der Waals surface area contributed by atoms with E-state index in [4.69, 9.17) is 5.11 Å². The number of amides is 2. The van der Waals surface area contributed by atoms with Crippen molar-refractivity contribution < 1.29 is 19.5 Å². The minimum absolute atomic E-state index is 0.0831. The molecule has 0 radical (unpaired) electrons. The number of nitrogens with one attached hydrogen (secondary N) is 2. The summed E-state index contributed by atoms with van der Waals surface area (Å²) in [6, 6.07) is 6.85. The topological polar surface area (TPSA) is 99.3 Å². The molecule has 2 heterocycles. The molecule has 0 bridgehead atoms. The van der Waals surface area contributed by atoms with Crippen molar-refractivity contribution in [1.29, 1.82) is 0 Å². The summed E-state index contributed by atoms with van der Waals surface area (Å²) in [6.07, 6.45) is 0.736. The first kappa shape index (κ1) is 12.4. The lowest BCUT2D eigenvalue weighted by Gasteiger charge is -2.21. The first-order valence-corrected chi connectivity index (χ1v) is 6.25. The van der Waals surface area contributed by atoms with Gasteiger partial charge in [0.2, 0.25) is 11.8 Å². The largest absolute Gasteiger partial charge is 0.477 e. The molecule has 1 aromatic heterocycles. The molecule has 0 spiro atoms. The predicted molar refractivity (Wildman–Crippen MR) is 70.4 cm³/mol. The fourth-order valence-corrected chi connectivity index (χ4v) is 2.59. The van der Waals surface area contributed by atoms with E-state index in [0.717, 1.165) is 5.56 Å². The van der Waals surface area contributed by atoms with E-state index in [-0.39, 0.29) is 17.5 Å². The number of carboxylic acids is 1. The van der Waals surface area contributed by atoms with Gasteiger partial charge in [0, 0.05) is 17.3 Å². The molecule has 1 saturated heterocycles. The third kappa shape index (κ3) is 1.95. The summed E-state index contributed by atoms with van der Waals surface area (Å²) in [5.74, 6) is -2.06. The number of aromatic carboxylic acids is 1. The minimum Gasteiger partial charge on any atom is -0.477 e. The van der Waals surface area contributed by atoms with Crippen LogP contribution < -0.4 is 5.32 Å². The first-order valence-electron chi connectivity index (χ1n) is 6.25. The number of aromatic amines is 1. The normalized spacial score (nSPS) is 19.1. The monoisotopic (exact) mass is 272 g/mol. The molecule has 1 fully saturated rings. The maximum Gasteiger partial charge on any atom is 0.352 e. The van der Waals surface area contributed by atoms with Gasteiger partial charge >= 0.3 is 5.97 Å². The number of imide groups is 1. The van der Waals surface area contributed by atoms with Gasteiger partial charge in [-0.25, -0.2) is 4.79 Å². The van der Waals surface area contributed by atoms with Crippen LogP contribution in [0.15, 0.2) is 24.3 Å². The van der Waals surface area contributed by atoms with E-state index >= 15 is 0 Å². The molecule has 1 aliphatic rings. The fourth-order valence-electron chi connectivity index (χ4n) is 2.59. The maximum atomic E-state index is 11.9. The molecule has 20 heavy (non-hydrogen) atoms. The highest BCUT2D eigenvalue weighted by Crippen LogP contribution is 2.31. The molecule has 1 atom stereocenters. The number of hydrogen-bond donors (Lipinski definition) is 3. The molecule has 1 aromatic carbocycles. The lowest BCUT2D eigenvalue weighted by Crippen LogP contribution is -2.39. The van der Waals surface area contributed by atoms with Gasteiger partial charge in [0.15, 0.2) is 0 Å². The van der Waals surface area contributed by atoms with Crippen molar-refractivity contribution in [1.82, 2.24) is 10.3 Å². The summed E-state index contributed by atoms with van der Waals surface area (Å²) in [4.78, 5) is 36.9. The smallest absolute Gasteiger partial charge is 0.352 e. The Balaban J connectivity index is 2.09. The zero-order chi connectivity index (χ0) is 14.3. The van der Waals surface area contributed by atoms with Crippen LogP contribution in [-0.4, -0.2) is 27.9 Å². The van der Waals surface area contributed by atoms with Crippen LogP contribution in [0.1, 0.15) is 34.8 Å². The molecular weight excluding hydrogens is 260 g/mol. The zero-order valence-corrected chi connectivity index (χ0v) is 10.5. The number of benzene rings is 1. The van der Waals surface area contributed by atoms with E-state index in [1.807, 2.05) is 0 Å². The van der Waals surface area contributed by atoms with Crippen LogP contribution in [0, 0.1) is 0 Å². The molecule has 0 saturated carbocycles. The van der Waals surface area contributed by atoms with Gasteiger partial charge in [-0.15, -0.1) is 0 Å². The highest BCUT2D eigenvalue weighted by atomic mass is 16.4. The van der Waals surface area contributed by atoms with E-state index < -0.39 is 11.9 Å². The number of aromatic nitrogens is 1. The van der Waals surface area contributed by atoms with Crippen LogP contribution in [0.4, 0.5) is 0 Å². The van der Waals surface area contributed by atoms with Crippen molar-refractivity contribution in [2.45, 2.75) is 18.8 Å². The minimum atomic E-state index is -1.05. The van der Waals surface area contributed by atoms with Gasteiger partial charge in [0.05, 0.1) is 5.92 Å². The van der Waals surface area contributed by atoms with Crippen molar-refractivity contribution in [3.63, 3.8) is 0 Å². The second-order valence-electron chi connectivity index (χ2n) is 4.80. The van der Waals surface area contributed by atoms with Gasteiger partial charge in [-0.05, 0) is 24.1 Å². The van der Waals surface area contributed by atoms with Crippen molar-refractivity contribution in [2.75, 3.05) is 0 Å². The van der Waals surface area contributed by atoms with Crippen molar-refractivity contribution in [3.05, 3.63) is 35.5 Å². The molecule has 6 nitrogen and oxygen atoms in total. The highest BCUT2D eigenvalue weighted by molar-refractivity contribution is 6.03. The summed E-state index contributed by atoms with van der Waals surface area (Å²) in [5.41, 5.74) is 1.50. The Hall–Kier alpha value is -2.63. The molecule has 2 amide bonds. The number of rotatable bonds is 2. The third-order valence-corrected chi connectivity index (χ3v) is 3.54. The highest BCUT2D eigenvalue weighted by Gasteiger charge is 2.29. The summed E-state index contributed by atoms with van der Waals surface area (Å²) < 4.78 is 0. The number of fused-ring (bicyclic) bond motifs is 1. The van der Waals surface area contributed by atoms with E-state index in [2.05, 4.69) is 10.3 Å². The van der Waals surface area contributed by atoms with E-state index in [1.54, 1.807) is 18.2 Å². The number of H-pyrrole nitrogens is 1. The summed E-state index contributed by atoms with van der Waals surface area (Å²) in [5, 5.41) is 12.0. The van der Waals surface area contributed by atoms with Crippen LogP contribution in [0.5, 0.6) is 0 Å². The van der Waals surface area contributed by atoms with E-state index in [9.17, 15) is 14.4 Å². The second-order valence-corrected chi connectivity index (χ2v) is 4.80. The molecule has 0 aliphatic carbocycles. The number of carboxylic acid groups (broad SMARTS) is 1. The Bertz CT molecular complexity index is 732. The molecule has 3 rings (SSSR count). The lowest BCUT2D eigenvalue weighted by atomic mass is 9.88. The Kier molecular flexibility index (Phi) is 2.78. The Morgan fingerprint density at radius 2 is 2.10 bits per heavy atom. The number of piperidine rings is 1. The second kappa shape index (κ2) is 4.48. The summed E-state index contributed by atoms with van der Waals surface area (Å²) >= 11 is 0. The molecular formula is C14H12N2O4. The van der Waals surface area contributed by atoms with Crippen molar-refractivity contribution in [2.24, 2.45) is 0 Å². The fraction of sp³-hybridized carbons (Fsp3) is 0.214. The molecule has 1 aliphatic heterocycles. The predicted octanol–water partition coefficient (Wildman–Crippen LogP) is 1.39. The van der Waals surface area contributed by atoms with Gasteiger partial charge in [-0.2, -0.15) is 0 Å². The summed E-state index contributed by atoms with van der Waals surface area (Å²) in [6.45, 7) is 0. The van der Waals surface area contributed by atoms with Gasteiger partial charge in [-0.1, -0.05) is 12.1 Å². The molecule has 6 heteroatoms. The quantitative estimate of drug-likeness (QED) is 0.719. The Morgan fingerprint density at radius 3 is 2.80 bits per heavy atom. The van der Waals surface area contributed by atoms with Crippen LogP contribution in [0.2, 0.25) is 0 Å². The molecule has 1 unspecified atom stereocenters. The van der Waals surface area contributed by atoms with E-state index in [1.165, 1.54) is 6.07 Å². The number of carbonyl (C=O) groups excluding carboxylic acids is 2. The van der Waals surface area contributed by atoms with Gasteiger partial charge in [0.1, 0.15) is 5.69 Å². The number of hydrogen-bond acceptors (Lipinski definition) is 3. The van der Waals surface area contributed by atoms with Gasteiger partial charge in [-0.3, -0.25) is 14.9 Å². The Morgan fingerprint density at radius 1 is 1.30 bits per heavy atom. The van der Waals surface area contributed by atoms with Crippen molar-refractivity contribution in [3.8, 4) is 0 Å². The first-order chi connectivity index (χ1) is 9.56. The van der Waals surface area contributed by atoms with Crippen LogP contribution >= 0.6 is 0 Å². The zero-order valence-electron chi connectivity index (χ0n) is 10.5. The number of carbonyl (C=O) groups is 3. The Labute approximate surface area is 113 Å². The lowest BCUT2D eigenvalue weighted by molar-refractivity contribution is -0.134. The molecule has 2 aromatic rings. The molecule has 102 valence electrons. The average molecular weight is 272 g/mol.